The highest BCUT2D eigenvalue weighted by Gasteiger charge is 2.29. The number of amides is 1. The number of carbonyl (C=O) groups excluding carboxylic acids is 1. The van der Waals surface area contributed by atoms with Gasteiger partial charge in [0.15, 0.2) is 5.82 Å². The lowest BCUT2D eigenvalue weighted by atomic mass is 10.0. The summed E-state index contributed by atoms with van der Waals surface area (Å²) in [6.45, 7) is 4.22. The van der Waals surface area contributed by atoms with Crippen LogP contribution >= 0.6 is 24.8 Å². The Labute approximate surface area is 166 Å². The van der Waals surface area contributed by atoms with Crippen molar-refractivity contribution in [3.63, 3.8) is 0 Å². The first-order valence-electron chi connectivity index (χ1n) is 7.87. The third-order valence-corrected chi connectivity index (χ3v) is 3.56. The average molecular weight is 404 g/mol. The normalized spacial score (nSPS) is 12.1. The van der Waals surface area contributed by atoms with Gasteiger partial charge in [0.2, 0.25) is 11.8 Å². The van der Waals surface area contributed by atoms with Gasteiger partial charge in [-0.1, -0.05) is 35.5 Å². The van der Waals surface area contributed by atoms with Crippen LogP contribution < -0.4 is 11.1 Å². The molecular weight excluding hydrogens is 377 g/mol. The van der Waals surface area contributed by atoms with Crippen LogP contribution in [0.1, 0.15) is 43.6 Å². The van der Waals surface area contributed by atoms with E-state index in [0.717, 1.165) is 5.56 Å². The van der Waals surface area contributed by atoms with Gasteiger partial charge in [-0.25, -0.2) is 0 Å². The molecule has 1 heterocycles. The number of nitrogens with zero attached hydrogens (tertiary/aromatic N) is 3. The molecule has 2 rings (SSSR count). The van der Waals surface area contributed by atoms with E-state index >= 15 is 0 Å². The highest BCUT2D eigenvalue weighted by Crippen LogP contribution is 2.19. The molecule has 3 N–H and O–H groups in total. The van der Waals surface area contributed by atoms with E-state index in [0.29, 0.717) is 18.3 Å². The topological polar surface area (TPSA) is 97.3 Å². The molecule has 146 valence electrons. The summed E-state index contributed by atoms with van der Waals surface area (Å²) in [6, 6.07) is 9.20. The minimum atomic E-state index is -0.735. The maximum absolute atomic E-state index is 12.3. The van der Waals surface area contributed by atoms with E-state index in [1.54, 1.807) is 0 Å². The maximum Gasteiger partial charge on any atom is 0.240 e. The van der Waals surface area contributed by atoms with Gasteiger partial charge < -0.3 is 20.5 Å². The Morgan fingerprint density at radius 2 is 1.88 bits per heavy atom. The van der Waals surface area contributed by atoms with Crippen molar-refractivity contribution in [2.45, 2.75) is 38.4 Å². The van der Waals surface area contributed by atoms with Gasteiger partial charge in [0.05, 0.1) is 12.1 Å². The van der Waals surface area contributed by atoms with Crippen LogP contribution in [0.15, 0.2) is 34.9 Å². The van der Waals surface area contributed by atoms with E-state index in [1.807, 2.05) is 63.2 Å². The third-order valence-electron chi connectivity index (χ3n) is 3.56. The number of rotatable bonds is 7. The molecule has 0 saturated heterocycles. The highest BCUT2D eigenvalue weighted by atomic mass is 35.5. The lowest BCUT2D eigenvalue weighted by molar-refractivity contribution is -0.123. The lowest BCUT2D eigenvalue weighted by Crippen LogP contribution is -2.42. The molecule has 1 amide bonds. The van der Waals surface area contributed by atoms with Gasteiger partial charge in [-0.05, 0) is 33.5 Å². The molecular formula is C17H27Cl2N5O2. The summed E-state index contributed by atoms with van der Waals surface area (Å²) in [4.78, 5) is 18.6. The second kappa shape index (κ2) is 10.5. The van der Waals surface area contributed by atoms with Crippen molar-refractivity contribution in [1.82, 2.24) is 20.4 Å². The molecule has 0 saturated carbocycles. The molecule has 0 aliphatic heterocycles. The van der Waals surface area contributed by atoms with Crippen LogP contribution in [-0.4, -0.2) is 35.0 Å². The average Bonchev–Trinajstić information content (AvgIpc) is 2.96. The van der Waals surface area contributed by atoms with Crippen molar-refractivity contribution in [3.8, 4) is 0 Å². The van der Waals surface area contributed by atoms with Crippen LogP contribution in [0, 0.1) is 0 Å². The zero-order valence-electron chi connectivity index (χ0n) is 15.4. The predicted molar refractivity (Wildman–Crippen MR) is 105 cm³/mol. The van der Waals surface area contributed by atoms with Gasteiger partial charge in [0.25, 0.3) is 0 Å². The molecule has 0 bridgehead atoms. The molecule has 1 aromatic heterocycles. The van der Waals surface area contributed by atoms with Crippen LogP contribution in [0.4, 0.5) is 0 Å². The van der Waals surface area contributed by atoms with Crippen LogP contribution in [0.25, 0.3) is 0 Å². The van der Waals surface area contributed by atoms with Gasteiger partial charge in [-0.2, -0.15) is 4.98 Å². The summed E-state index contributed by atoms with van der Waals surface area (Å²) in [6.07, 6.45) is 0.190. The molecule has 0 aliphatic carbocycles. The zero-order chi connectivity index (χ0) is 17.7. The molecule has 0 spiro atoms. The monoisotopic (exact) mass is 403 g/mol. The van der Waals surface area contributed by atoms with Gasteiger partial charge in [0, 0.05) is 12.5 Å². The molecule has 1 aromatic carbocycles. The molecule has 7 nitrogen and oxygen atoms in total. The molecule has 9 heteroatoms. The number of nitrogens with two attached hydrogens (primary N) is 1. The minimum Gasteiger partial charge on any atom is -0.344 e. The first-order chi connectivity index (χ1) is 11.3. The van der Waals surface area contributed by atoms with Crippen LogP contribution in [-0.2, 0) is 16.9 Å². The second-order valence-electron chi connectivity index (χ2n) is 6.64. The fraction of sp³-hybridized carbons (Fsp3) is 0.471. The summed E-state index contributed by atoms with van der Waals surface area (Å²) in [5.41, 5.74) is 6.29. The van der Waals surface area contributed by atoms with Crippen molar-refractivity contribution in [3.05, 3.63) is 47.6 Å². The number of carbonyl (C=O) groups is 1. The van der Waals surface area contributed by atoms with Gasteiger partial charge >= 0.3 is 0 Å². The molecule has 0 radical (unpaired) electrons. The third kappa shape index (κ3) is 6.92. The number of halogens is 2. The van der Waals surface area contributed by atoms with Crippen molar-refractivity contribution in [1.29, 1.82) is 0 Å². The molecule has 1 atom stereocenters. The van der Waals surface area contributed by atoms with E-state index in [9.17, 15) is 4.79 Å². The summed E-state index contributed by atoms with van der Waals surface area (Å²) in [5, 5.41) is 6.89. The van der Waals surface area contributed by atoms with E-state index < -0.39 is 5.54 Å². The molecule has 2 aromatic rings. The fourth-order valence-corrected chi connectivity index (χ4v) is 2.32. The number of aromatic nitrogens is 2. The maximum atomic E-state index is 12.3. The Bertz CT molecular complexity index is 677. The summed E-state index contributed by atoms with van der Waals surface area (Å²) < 4.78 is 5.22. The first kappa shape index (κ1) is 24.3. The van der Waals surface area contributed by atoms with Crippen molar-refractivity contribution >= 4 is 30.7 Å². The summed E-state index contributed by atoms with van der Waals surface area (Å²) >= 11 is 0. The van der Waals surface area contributed by atoms with Crippen LogP contribution in [0.3, 0.4) is 0 Å². The summed E-state index contributed by atoms with van der Waals surface area (Å²) in [7, 11) is 3.84. The van der Waals surface area contributed by atoms with Gasteiger partial charge in [-0.3, -0.25) is 4.79 Å². The predicted octanol–water partition coefficient (Wildman–Crippen LogP) is 2.42. The van der Waals surface area contributed by atoms with E-state index in [2.05, 4.69) is 15.5 Å². The molecule has 26 heavy (non-hydrogen) atoms. The zero-order valence-corrected chi connectivity index (χ0v) is 17.1. The SMILES string of the molecule is CN(C)Cc1nc(C(C)(C)NC(=O)CC(N)c2ccccc2)no1.Cl.Cl. The molecule has 0 fully saturated rings. The van der Waals surface area contributed by atoms with Crippen molar-refractivity contribution in [2.75, 3.05) is 14.1 Å². The first-order valence-corrected chi connectivity index (χ1v) is 7.87. The lowest BCUT2D eigenvalue weighted by Gasteiger charge is -2.23. The largest absolute Gasteiger partial charge is 0.344 e. The Balaban J connectivity index is 0.00000312. The number of hydrogen-bond acceptors (Lipinski definition) is 6. The Morgan fingerprint density at radius 3 is 2.46 bits per heavy atom. The van der Waals surface area contributed by atoms with Crippen molar-refractivity contribution in [2.24, 2.45) is 5.73 Å². The smallest absolute Gasteiger partial charge is 0.240 e. The second-order valence-corrected chi connectivity index (χ2v) is 6.64. The van der Waals surface area contributed by atoms with Gasteiger partial charge in [-0.15, -0.1) is 24.8 Å². The van der Waals surface area contributed by atoms with Crippen LogP contribution in [0.2, 0.25) is 0 Å². The Kier molecular flexibility index (Phi) is 9.80. The van der Waals surface area contributed by atoms with Crippen LogP contribution in [0.5, 0.6) is 0 Å². The van der Waals surface area contributed by atoms with Gasteiger partial charge in [0.1, 0.15) is 0 Å². The Hall–Kier alpha value is -1.67. The fourth-order valence-electron chi connectivity index (χ4n) is 2.32. The minimum absolute atomic E-state index is 0. The van der Waals surface area contributed by atoms with Crippen molar-refractivity contribution < 1.29 is 9.32 Å². The summed E-state index contributed by atoms with van der Waals surface area (Å²) in [5.74, 6) is 0.801. The number of benzene rings is 1. The number of hydrogen-bond donors (Lipinski definition) is 2. The Morgan fingerprint density at radius 1 is 1.27 bits per heavy atom. The van der Waals surface area contributed by atoms with E-state index in [1.165, 1.54) is 0 Å². The quantitative estimate of drug-likeness (QED) is 0.736. The highest BCUT2D eigenvalue weighted by molar-refractivity contribution is 5.85. The molecule has 1 unspecified atom stereocenters. The van der Waals surface area contributed by atoms with E-state index in [-0.39, 0.29) is 43.2 Å². The molecule has 0 aliphatic rings. The van der Waals surface area contributed by atoms with E-state index in [4.69, 9.17) is 10.3 Å². The number of nitrogens with one attached hydrogen (secondary N) is 1. The standard InChI is InChI=1S/C17H25N5O2.2ClH/c1-17(2,16-19-15(24-21-16)11-22(3)4)20-14(23)10-13(18)12-8-6-5-7-9-12;;/h5-9,13H,10-11,18H2,1-4H3,(H,20,23);2*1H.